The Hall–Kier alpha value is -2.06. The van der Waals surface area contributed by atoms with Crippen LogP contribution < -0.4 is 4.90 Å². The summed E-state index contributed by atoms with van der Waals surface area (Å²) in [6, 6.07) is 27.0. The van der Waals surface area contributed by atoms with Crippen LogP contribution in [-0.2, 0) is 10.8 Å². The van der Waals surface area contributed by atoms with Crippen LogP contribution in [0, 0.1) is 10.8 Å². The molecule has 0 bridgehead atoms. The van der Waals surface area contributed by atoms with Gasteiger partial charge in [0.05, 0.1) is 0 Å². The quantitative estimate of drug-likeness (QED) is 0.284. The lowest BCUT2D eigenvalue weighted by molar-refractivity contribution is 0.283. The van der Waals surface area contributed by atoms with Crippen molar-refractivity contribution in [3.8, 4) is 0 Å². The number of anilines is 3. The van der Waals surface area contributed by atoms with Gasteiger partial charge in [-0.1, -0.05) is 109 Å². The summed E-state index contributed by atoms with van der Waals surface area (Å²) in [5, 5.41) is 0. The molecule has 0 unspecified atom stereocenters. The second-order valence-corrected chi connectivity index (χ2v) is 15.1. The van der Waals surface area contributed by atoms with Crippen molar-refractivity contribution >= 4 is 33.0 Å². The molecular weight excluding hydrogens is 502 g/mol. The summed E-state index contributed by atoms with van der Waals surface area (Å²) in [5.74, 6) is 0. The van der Waals surface area contributed by atoms with Gasteiger partial charge in [-0.2, -0.15) is 0 Å². The monoisotopic (exact) mass is 547 g/mol. The molecule has 2 heteroatoms. The molecule has 0 spiro atoms. The molecule has 1 nitrogen and oxygen atoms in total. The van der Waals surface area contributed by atoms with Crippen molar-refractivity contribution in [2.24, 2.45) is 10.8 Å². The highest BCUT2D eigenvalue weighted by Crippen LogP contribution is 2.41. The molecular formula is C34H46BrN. The maximum absolute atomic E-state index is 3.60. The summed E-state index contributed by atoms with van der Waals surface area (Å²) in [5.41, 5.74) is 7.10. The number of rotatable bonds is 7. The van der Waals surface area contributed by atoms with Crippen molar-refractivity contribution in [1.29, 1.82) is 0 Å². The maximum atomic E-state index is 3.60. The Bertz CT molecular complexity index is 1050. The Labute approximate surface area is 229 Å². The van der Waals surface area contributed by atoms with E-state index in [0.29, 0.717) is 0 Å². The Balaban J connectivity index is 2.00. The Morgan fingerprint density at radius 1 is 0.472 bits per heavy atom. The van der Waals surface area contributed by atoms with E-state index in [2.05, 4.69) is 163 Å². The Kier molecular flexibility index (Phi) is 8.21. The fourth-order valence-corrected chi connectivity index (χ4v) is 6.28. The van der Waals surface area contributed by atoms with E-state index in [1.807, 2.05) is 0 Å². The van der Waals surface area contributed by atoms with Crippen LogP contribution in [0.2, 0.25) is 0 Å². The molecule has 0 aromatic heterocycles. The first-order valence-electron chi connectivity index (χ1n) is 13.2. The number of benzene rings is 3. The lowest BCUT2D eigenvalue weighted by Crippen LogP contribution is -2.25. The Morgan fingerprint density at radius 2 is 0.750 bits per heavy atom. The van der Waals surface area contributed by atoms with Crippen LogP contribution in [0.3, 0.4) is 0 Å². The highest BCUT2D eigenvalue weighted by Gasteiger charge is 2.29. The van der Waals surface area contributed by atoms with Crippen molar-refractivity contribution in [3.63, 3.8) is 0 Å². The summed E-state index contributed by atoms with van der Waals surface area (Å²) >= 11 is 3.60. The van der Waals surface area contributed by atoms with E-state index in [9.17, 15) is 0 Å². The zero-order valence-electron chi connectivity index (χ0n) is 24.2. The van der Waals surface area contributed by atoms with Gasteiger partial charge < -0.3 is 4.90 Å². The van der Waals surface area contributed by atoms with Crippen LogP contribution in [0.4, 0.5) is 17.1 Å². The topological polar surface area (TPSA) is 3.24 Å². The molecule has 0 amide bonds. The summed E-state index contributed by atoms with van der Waals surface area (Å²) in [6.07, 6.45) is 2.28. The zero-order valence-corrected chi connectivity index (χ0v) is 25.8. The minimum absolute atomic E-state index is 0.125. The molecule has 194 valence electrons. The fourth-order valence-electron chi connectivity index (χ4n) is 6.02. The smallest absolute Gasteiger partial charge is 0.0462 e. The molecule has 0 N–H and O–H groups in total. The van der Waals surface area contributed by atoms with Gasteiger partial charge >= 0.3 is 0 Å². The normalized spacial score (nSPS) is 13.1. The molecule has 3 aromatic carbocycles. The molecule has 0 aliphatic rings. The summed E-state index contributed by atoms with van der Waals surface area (Å²) in [4.78, 5) is 2.35. The van der Waals surface area contributed by atoms with Crippen LogP contribution in [0.15, 0.2) is 77.3 Å². The molecule has 0 radical (unpaired) electrons. The van der Waals surface area contributed by atoms with Gasteiger partial charge in [-0.3, -0.25) is 0 Å². The molecule has 0 saturated carbocycles. The van der Waals surface area contributed by atoms with Crippen LogP contribution in [0.5, 0.6) is 0 Å². The van der Waals surface area contributed by atoms with Gasteiger partial charge in [-0.05, 0) is 94.2 Å². The largest absolute Gasteiger partial charge is 0.311 e. The zero-order chi connectivity index (χ0) is 26.9. The number of hydrogen-bond acceptors (Lipinski definition) is 1. The van der Waals surface area contributed by atoms with E-state index >= 15 is 0 Å². The molecule has 3 rings (SSSR count). The van der Waals surface area contributed by atoms with E-state index < -0.39 is 0 Å². The van der Waals surface area contributed by atoms with Crippen LogP contribution in [0.1, 0.15) is 93.2 Å². The highest BCUT2D eigenvalue weighted by molar-refractivity contribution is 9.10. The first kappa shape index (κ1) is 28.5. The average molecular weight is 549 g/mol. The number of nitrogens with zero attached hydrogens (tertiary/aromatic N) is 1. The van der Waals surface area contributed by atoms with Crippen LogP contribution >= 0.6 is 15.9 Å². The maximum Gasteiger partial charge on any atom is 0.0462 e. The predicted molar refractivity (Wildman–Crippen MR) is 163 cm³/mol. The molecule has 36 heavy (non-hydrogen) atoms. The van der Waals surface area contributed by atoms with Crippen molar-refractivity contribution in [1.82, 2.24) is 0 Å². The van der Waals surface area contributed by atoms with E-state index in [0.717, 1.165) is 23.0 Å². The summed E-state index contributed by atoms with van der Waals surface area (Å²) in [7, 11) is 0. The van der Waals surface area contributed by atoms with Crippen molar-refractivity contribution in [2.75, 3.05) is 4.90 Å². The van der Waals surface area contributed by atoms with Crippen LogP contribution in [0.25, 0.3) is 0 Å². The molecule has 0 atom stereocenters. The summed E-state index contributed by atoms with van der Waals surface area (Å²) < 4.78 is 1.09. The van der Waals surface area contributed by atoms with E-state index in [1.54, 1.807) is 0 Å². The van der Waals surface area contributed by atoms with E-state index in [1.165, 1.54) is 22.5 Å². The fraction of sp³-hybridized carbons (Fsp3) is 0.471. The van der Waals surface area contributed by atoms with Crippen LogP contribution in [-0.4, -0.2) is 0 Å². The van der Waals surface area contributed by atoms with Gasteiger partial charge in [0.1, 0.15) is 0 Å². The van der Waals surface area contributed by atoms with E-state index in [4.69, 9.17) is 0 Å². The number of hydrogen-bond donors (Lipinski definition) is 0. The number of halogens is 1. The standard InChI is InChI=1S/C34H46BrN/c1-31(2,3)23-33(7,8)25-11-17-28(18-12-25)36(30-21-15-27(35)16-22-30)29-19-13-26(14-20-29)34(9,10)24-32(4,5)6/h11-22H,23-24H2,1-10H3. The van der Waals surface area contributed by atoms with Gasteiger partial charge in [-0.25, -0.2) is 0 Å². The third-order valence-electron chi connectivity index (χ3n) is 6.84. The predicted octanol–water partition coefficient (Wildman–Crippen LogP) is 11.3. The minimum Gasteiger partial charge on any atom is -0.311 e. The Morgan fingerprint density at radius 3 is 1.03 bits per heavy atom. The van der Waals surface area contributed by atoms with Crippen molar-refractivity contribution in [3.05, 3.63) is 88.4 Å². The van der Waals surface area contributed by atoms with Crippen molar-refractivity contribution in [2.45, 2.75) is 92.9 Å². The first-order chi connectivity index (χ1) is 16.5. The molecule has 0 heterocycles. The van der Waals surface area contributed by atoms with Gasteiger partial charge in [0, 0.05) is 21.5 Å². The lowest BCUT2D eigenvalue weighted by atomic mass is 9.72. The van der Waals surface area contributed by atoms with Crippen molar-refractivity contribution < 1.29 is 0 Å². The van der Waals surface area contributed by atoms with E-state index in [-0.39, 0.29) is 21.7 Å². The van der Waals surface area contributed by atoms with Gasteiger partial charge in [0.25, 0.3) is 0 Å². The molecule has 0 aliphatic heterocycles. The van der Waals surface area contributed by atoms with Gasteiger partial charge in [0.2, 0.25) is 0 Å². The molecule has 0 aliphatic carbocycles. The lowest BCUT2D eigenvalue weighted by Gasteiger charge is -2.34. The van der Waals surface area contributed by atoms with Gasteiger partial charge in [0.15, 0.2) is 0 Å². The summed E-state index contributed by atoms with van der Waals surface area (Å²) in [6.45, 7) is 23.4. The SMILES string of the molecule is CC(C)(C)CC(C)(C)c1ccc(N(c2ccc(Br)cc2)c2ccc(C(C)(C)CC(C)(C)C)cc2)cc1. The third-order valence-corrected chi connectivity index (χ3v) is 7.37. The average Bonchev–Trinajstić information content (AvgIpc) is 2.73. The first-order valence-corrected chi connectivity index (χ1v) is 14.0. The second kappa shape index (κ2) is 10.4. The minimum atomic E-state index is 0.125. The van der Waals surface area contributed by atoms with Gasteiger partial charge in [-0.15, -0.1) is 0 Å². The molecule has 0 fully saturated rings. The molecule has 0 saturated heterocycles. The molecule has 3 aromatic rings. The highest BCUT2D eigenvalue weighted by atomic mass is 79.9. The third kappa shape index (κ3) is 7.48. The second-order valence-electron chi connectivity index (χ2n) is 14.1.